The van der Waals surface area contributed by atoms with Gasteiger partial charge in [0, 0.05) is 6.54 Å². The first-order chi connectivity index (χ1) is 8.18. The average Bonchev–Trinajstić information content (AvgIpc) is 3.21. The Morgan fingerprint density at radius 1 is 1.29 bits per heavy atom. The van der Waals surface area contributed by atoms with E-state index in [1.54, 1.807) is 24.3 Å². The zero-order valence-electron chi connectivity index (χ0n) is 9.80. The molecule has 0 heterocycles. The summed E-state index contributed by atoms with van der Waals surface area (Å²) >= 11 is 0. The van der Waals surface area contributed by atoms with Crippen LogP contribution in [0.25, 0.3) is 0 Å². The van der Waals surface area contributed by atoms with Crippen LogP contribution in [0.5, 0.6) is 5.75 Å². The molecule has 0 radical (unpaired) electrons. The molecule has 0 saturated heterocycles. The van der Waals surface area contributed by atoms with Gasteiger partial charge in [0.2, 0.25) is 0 Å². The van der Waals surface area contributed by atoms with Crippen LogP contribution < -0.4 is 10.5 Å². The minimum Gasteiger partial charge on any atom is -0.491 e. The number of rotatable bonds is 6. The fraction of sp³-hybridized carbons (Fsp3) is 0.538. The predicted octanol–water partition coefficient (Wildman–Crippen LogP) is 0.657. The highest BCUT2D eigenvalue weighted by molar-refractivity contribution is 5.27. The van der Waals surface area contributed by atoms with Crippen LogP contribution in [0.2, 0.25) is 0 Å². The van der Waals surface area contributed by atoms with Crippen molar-refractivity contribution < 1.29 is 14.9 Å². The van der Waals surface area contributed by atoms with Gasteiger partial charge in [-0.1, -0.05) is 12.1 Å². The number of hydrogen-bond donors (Lipinski definition) is 3. The molecule has 1 unspecified atom stereocenters. The predicted molar refractivity (Wildman–Crippen MR) is 64.6 cm³/mol. The quantitative estimate of drug-likeness (QED) is 0.679. The van der Waals surface area contributed by atoms with Crippen molar-refractivity contribution in [3.05, 3.63) is 29.8 Å². The van der Waals surface area contributed by atoms with Crippen molar-refractivity contribution in [1.82, 2.24) is 0 Å². The van der Waals surface area contributed by atoms with Crippen LogP contribution >= 0.6 is 0 Å². The molecule has 4 heteroatoms. The maximum atomic E-state index is 10.2. The van der Waals surface area contributed by atoms with Crippen LogP contribution in [0.4, 0.5) is 0 Å². The Balaban J connectivity index is 1.91. The number of aliphatic hydroxyl groups is 2. The van der Waals surface area contributed by atoms with Crippen LogP contribution in [0.1, 0.15) is 18.4 Å². The van der Waals surface area contributed by atoms with E-state index in [0.717, 1.165) is 18.4 Å². The van der Waals surface area contributed by atoms with E-state index in [0.29, 0.717) is 5.75 Å². The van der Waals surface area contributed by atoms with Crippen molar-refractivity contribution in [3.63, 3.8) is 0 Å². The molecule has 1 saturated carbocycles. The Hall–Kier alpha value is -1.10. The summed E-state index contributed by atoms with van der Waals surface area (Å²) < 4.78 is 5.55. The van der Waals surface area contributed by atoms with E-state index in [9.17, 15) is 5.11 Å². The third kappa shape index (κ3) is 2.97. The summed E-state index contributed by atoms with van der Waals surface area (Å²) in [5.74, 6) is 0.971. The number of hydrogen-bond acceptors (Lipinski definition) is 4. The molecule has 0 spiro atoms. The fourth-order valence-corrected chi connectivity index (χ4v) is 1.86. The highest BCUT2D eigenvalue weighted by Gasteiger charge is 2.43. The van der Waals surface area contributed by atoms with Crippen molar-refractivity contribution in [1.29, 1.82) is 0 Å². The van der Waals surface area contributed by atoms with E-state index < -0.39 is 5.60 Å². The van der Waals surface area contributed by atoms with Gasteiger partial charge in [0.05, 0.1) is 6.61 Å². The van der Waals surface area contributed by atoms with Crippen LogP contribution in [-0.2, 0) is 6.61 Å². The first-order valence-electron chi connectivity index (χ1n) is 5.93. The second kappa shape index (κ2) is 5.04. The Morgan fingerprint density at radius 3 is 2.41 bits per heavy atom. The summed E-state index contributed by atoms with van der Waals surface area (Å²) in [5, 5.41) is 19.1. The molecule has 0 aliphatic heterocycles. The molecule has 1 aromatic rings. The summed E-state index contributed by atoms with van der Waals surface area (Å²) in [4.78, 5) is 0. The number of ether oxygens (including phenoxy) is 1. The highest BCUT2D eigenvalue weighted by atomic mass is 16.5. The Labute approximate surface area is 101 Å². The summed E-state index contributed by atoms with van der Waals surface area (Å²) in [6, 6.07) is 7.17. The van der Waals surface area contributed by atoms with Crippen LogP contribution in [0.3, 0.4) is 0 Å². The van der Waals surface area contributed by atoms with E-state index in [1.807, 2.05) is 0 Å². The van der Waals surface area contributed by atoms with Gasteiger partial charge < -0.3 is 20.7 Å². The molecule has 2 rings (SSSR count). The molecule has 17 heavy (non-hydrogen) atoms. The summed E-state index contributed by atoms with van der Waals surface area (Å²) in [6.07, 6.45) is 2.06. The van der Waals surface area contributed by atoms with E-state index in [1.165, 1.54) is 0 Å². The molecule has 1 fully saturated rings. The van der Waals surface area contributed by atoms with E-state index in [-0.39, 0.29) is 25.7 Å². The lowest BCUT2D eigenvalue weighted by Crippen LogP contribution is -2.45. The zero-order valence-corrected chi connectivity index (χ0v) is 9.80. The van der Waals surface area contributed by atoms with Gasteiger partial charge in [0.1, 0.15) is 18.0 Å². The van der Waals surface area contributed by atoms with E-state index >= 15 is 0 Å². The molecular formula is C13H19NO3. The smallest absolute Gasteiger partial charge is 0.119 e. The zero-order chi connectivity index (χ0) is 12.3. The molecule has 0 aromatic heterocycles. The maximum absolute atomic E-state index is 10.2. The second-order valence-corrected chi connectivity index (χ2v) is 4.67. The van der Waals surface area contributed by atoms with E-state index in [2.05, 4.69) is 0 Å². The molecule has 4 nitrogen and oxygen atoms in total. The SMILES string of the molecule is NCC(O)(COc1ccc(CO)cc1)C1CC1. The van der Waals surface area contributed by atoms with Crippen LogP contribution in [0, 0.1) is 5.92 Å². The lowest BCUT2D eigenvalue weighted by Gasteiger charge is -2.26. The standard InChI is InChI=1S/C13H19NO3/c14-8-13(16,11-3-4-11)9-17-12-5-1-10(7-15)2-6-12/h1-2,5-6,11,15-16H,3-4,7-9,14H2. The number of benzene rings is 1. The molecule has 0 amide bonds. The third-order valence-electron chi connectivity index (χ3n) is 3.29. The largest absolute Gasteiger partial charge is 0.491 e. The molecule has 1 aliphatic carbocycles. The lowest BCUT2D eigenvalue weighted by molar-refractivity contribution is -0.0162. The third-order valence-corrected chi connectivity index (χ3v) is 3.29. The molecular weight excluding hydrogens is 218 g/mol. The first-order valence-corrected chi connectivity index (χ1v) is 5.93. The van der Waals surface area contributed by atoms with Gasteiger partial charge in [0.25, 0.3) is 0 Å². The van der Waals surface area contributed by atoms with Gasteiger partial charge in [-0.3, -0.25) is 0 Å². The Morgan fingerprint density at radius 2 is 1.94 bits per heavy atom. The molecule has 0 bridgehead atoms. The first kappa shape index (κ1) is 12.4. The van der Waals surface area contributed by atoms with Crippen molar-refractivity contribution >= 4 is 0 Å². The lowest BCUT2D eigenvalue weighted by atomic mass is 9.99. The Kier molecular flexibility index (Phi) is 3.66. The van der Waals surface area contributed by atoms with Crippen LogP contribution in [0.15, 0.2) is 24.3 Å². The summed E-state index contributed by atoms with van der Waals surface area (Å²) in [6.45, 7) is 0.480. The number of nitrogens with two attached hydrogens (primary N) is 1. The van der Waals surface area contributed by atoms with Gasteiger partial charge in [-0.05, 0) is 36.5 Å². The molecule has 1 aliphatic rings. The molecule has 1 atom stereocenters. The summed E-state index contributed by atoms with van der Waals surface area (Å²) in [5.41, 5.74) is 5.54. The van der Waals surface area contributed by atoms with Gasteiger partial charge in [-0.2, -0.15) is 0 Å². The second-order valence-electron chi connectivity index (χ2n) is 4.67. The van der Waals surface area contributed by atoms with Crippen molar-refractivity contribution in [2.24, 2.45) is 11.7 Å². The number of aliphatic hydroxyl groups excluding tert-OH is 1. The maximum Gasteiger partial charge on any atom is 0.119 e. The highest BCUT2D eigenvalue weighted by Crippen LogP contribution is 2.39. The average molecular weight is 237 g/mol. The van der Waals surface area contributed by atoms with Crippen LogP contribution in [-0.4, -0.2) is 29.0 Å². The minimum absolute atomic E-state index is 0.0229. The van der Waals surface area contributed by atoms with Gasteiger partial charge in [-0.25, -0.2) is 0 Å². The molecule has 4 N–H and O–H groups in total. The summed E-state index contributed by atoms with van der Waals surface area (Å²) in [7, 11) is 0. The van der Waals surface area contributed by atoms with Gasteiger partial charge >= 0.3 is 0 Å². The van der Waals surface area contributed by atoms with Gasteiger partial charge in [-0.15, -0.1) is 0 Å². The van der Waals surface area contributed by atoms with Crippen molar-refractivity contribution in [3.8, 4) is 5.75 Å². The minimum atomic E-state index is -0.893. The molecule has 94 valence electrons. The normalized spacial score (nSPS) is 18.8. The topological polar surface area (TPSA) is 75.7 Å². The van der Waals surface area contributed by atoms with E-state index in [4.69, 9.17) is 15.6 Å². The Bertz CT molecular complexity index is 361. The van der Waals surface area contributed by atoms with Crippen molar-refractivity contribution in [2.75, 3.05) is 13.2 Å². The van der Waals surface area contributed by atoms with Crippen molar-refractivity contribution in [2.45, 2.75) is 25.0 Å². The van der Waals surface area contributed by atoms with Gasteiger partial charge in [0.15, 0.2) is 0 Å². The monoisotopic (exact) mass is 237 g/mol. The fourth-order valence-electron chi connectivity index (χ4n) is 1.86. The molecule has 1 aromatic carbocycles.